The molecule has 0 atom stereocenters. The Bertz CT molecular complexity index is 614. The van der Waals surface area contributed by atoms with Crippen LogP contribution in [0.3, 0.4) is 0 Å². The highest BCUT2D eigenvalue weighted by atomic mass is 16.5. The number of nitrogens with two attached hydrogens (primary N) is 2. The number of rotatable bonds is 3. The lowest BCUT2D eigenvalue weighted by molar-refractivity contribution is 0.100. The summed E-state index contributed by atoms with van der Waals surface area (Å²) in [6.45, 7) is 0. The topological polar surface area (TPSA) is 108 Å². The van der Waals surface area contributed by atoms with Gasteiger partial charge in [-0.1, -0.05) is 5.16 Å². The van der Waals surface area contributed by atoms with Gasteiger partial charge in [-0.3, -0.25) is 4.79 Å². The van der Waals surface area contributed by atoms with E-state index in [-0.39, 0.29) is 0 Å². The van der Waals surface area contributed by atoms with Gasteiger partial charge in [0.25, 0.3) is 5.89 Å². The smallest absolute Gasteiger partial charge is 0.257 e. The van der Waals surface area contributed by atoms with Gasteiger partial charge in [0.15, 0.2) is 5.82 Å². The highest BCUT2D eigenvalue weighted by Gasteiger charge is 2.39. The van der Waals surface area contributed by atoms with Crippen molar-refractivity contribution in [1.29, 1.82) is 0 Å². The molecule has 1 aliphatic rings. The molecule has 6 nitrogen and oxygen atoms in total. The maximum Gasteiger partial charge on any atom is 0.257 e. The molecule has 1 saturated carbocycles. The lowest BCUT2D eigenvalue weighted by atomic mass is 9.77. The van der Waals surface area contributed by atoms with E-state index in [9.17, 15) is 4.79 Å². The zero-order valence-corrected chi connectivity index (χ0v) is 10.3. The van der Waals surface area contributed by atoms with Crippen LogP contribution in [0.5, 0.6) is 0 Å². The number of nitrogens with zero attached hydrogens (tertiary/aromatic N) is 2. The summed E-state index contributed by atoms with van der Waals surface area (Å²) in [4.78, 5) is 15.3. The van der Waals surface area contributed by atoms with E-state index in [0.717, 1.165) is 24.8 Å². The summed E-state index contributed by atoms with van der Waals surface area (Å²) in [6.07, 6.45) is 2.85. The van der Waals surface area contributed by atoms with Crippen molar-refractivity contribution in [1.82, 2.24) is 10.1 Å². The largest absolute Gasteiger partial charge is 0.366 e. The summed E-state index contributed by atoms with van der Waals surface area (Å²) in [5.74, 6) is 0.489. The predicted molar refractivity (Wildman–Crippen MR) is 68.0 cm³/mol. The van der Waals surface area contributed by atoms with Crippen molar-refractivity contribution in [2.75, 3.05) is 0 Å². The third kappa shape index (κ3) is 2.00. The van der Waals surface area contributed by atoms with Crippen molar-refractivity contribution in [3.8, 4) is 11.5 Å². The number of hydrogen-bond acceptors (Lipinski definition) is 5. The maximum atomic E-state index is 11.0. The molecule has 6 heteroatoms. The van der Waals surface area contributed by atoms with Crippen LogP contribution in [0.4, 0.5) is 0 Å². The first-order chi connectivity index (χ1) is 9.08. The van der Waals surface area contributed by atoms with Gasteiger partial charge in [0.05, 0.1) is 5.54 Å². The van der Waals surface area contributed by atoms with Gasteiger partial charge < -0.3 is 16.0 Å². The van der Waals surface area contributed by atoms with Gasteiger partial charge in [0.2, 0.25) is 5.91 Å². The van der Waals surface area contributed by atoms with Crippen LogP contribution < -0.4 is 11.5 Å². The van der Waals surface area contributed by atoms with Crippen LogP contribution in [0.25, 0.3) is 11.5 Å². The summed E-state index contributed by atoms with van der Waals surface area (Å²) in [6, 6.07) is 6.70. The molecule has 4 N–H and O–H groups in total. The van der Waals surface area contributed by atoms with Crippen molar-refractivity contribution in [3.63, 3.8) is 0 Å². The lowest BCUT2D eigenvalue weighted by Gasteiger charge is -2.34. The Morgan fingerprint density at radius 3 is 2.47 bits per heavy atom. The molecule has 3 rings (SSSR count). The van der Waals surface area contributed by atoms with E-state index in [1.807, 2.05) is 0 Å². The van der Waals surface area contributed by atoms with Gasteiger partial charge in [0, 0.05) is 11.1 Å². The molecular weight excluding hydrogens is 244 g/mol. The second kappa shape index (κ2) is 4.17. The van der Waals surface area contributed by atoms with Gasteiger partial charge in [-0.15, -0.1) is 0 Å². The Kier molecular flexibility index (Phi) is 2.60. The first kappa shape index (κ1) is 11.9. The molecule has 1 aromatic heterocycles. The molecule has 0 radical (unpaired) electrons. The highest BCUT2D eigenvalue weighted by molar-refractivity contribution is 5.93. The van der Waals surface area contributed by atoms with E-state index in [2.05, 4.69) is 10.1 Å². The van der Waals surface area contributed by atoms with Gasteiger partial charge in [0.1, 0.15) is 0 Å². The summed E-state index contributed by atoms with van der Waals surface area (Å²) in [5, 5.41) is 3.94. The summed E-state index contributed by atoms with van der Waals surface area (Å²) < 4.78 is 5.22. The maximum absolute atomic E-state index is 11.0. The van der Waals surface area contributed by atoms with Crippen LogP contribution in [0.1, 0.15) is 35.4 Å². The lowest BCUT2D eigenvalue weighted by Crippen LogP contribution is -2.44. The number of aromatic nitrogens is 2. The molecule has 1 fully saturated rings. The normalized spacial score (nSPS) is 16.9. The zero-order chi connectivity index (χ0) is 13.5. The minimum atomic E-state index is -0.465. The van der Waals surface area contributed by atoms with E-state index in [1.165, 1.54) is 0 Å². The second-order valence-electron chi connectivity index (χ2n) is 4.87. The zero-order valence-electron chi connectivity index (χ0n) is 10.3. The minimum Gasteiger partial charge on any atom is -0.366 e. The van der Waals surface area contributed by atoms with Crippen molar-refractivity contribution in [2.45, 2.75) is 24.8 Å². The van der Waals surface area contributed by atoms with Crippen LogP contribution in [0, 0.1) is 0 Å². The number of carbonyl (C=O) groups excluding carboxylic acids is 1. The fourth-order valence-electron chi connectivity index (χ4n) is 2.10. The van der Waals surface area contributed by atoms with Gasteiger partial charge >= 0.3 is 0 Å². The average Bonchev–Trinajstić information content (AvgIpc) is 2.86. The van der Waals surface area contributed by atoms with Crippen LogP contribution in [0.2, 0.25) is 0 Å². The molecule has 1 amide bonds. The van der Waals surface area contributed by atoms with E-state index in [4.69, 9.17) is 16.0 Å². The molecule has 0 bridgehead atoms. The second-order valence-corrected chi connectivity index (χ2v) is 4.87. The molecule has 2 aromatic rings. The quantitative estimate of drug-likeness (QED) is 0.859. The van der Waals surface area contributed by atoms with Gasteiger partial charge in [-0.05, 0) is 43.5 Å². The fourth-order valence-corrected chi connectivity index (χ4v) is 2.10. The summed E-state index contributed by atoms with van der Waals surface area (Å²) >= 11 is 0. The van der Waals surface area contributed by atoms with Crippen LogP contribution >= 0.6 is 0 Å². The predicted octanol–water partition coefficient (Wildman–Crippen LogP) is 1.17. The number of benzene rings is 1. The fraction of sp³-hybridized carbons (Fsp3) is 0.308. The van der Waals surface area contributed by atoms with Crippen LogP contribution in [0.15, 0.2) is 28.8 Å². The molecule has 1 heterocycles. The third-order valence-corrected chi connectivity index (χ3v) is 3.53. The first-order valence-electron chi connectivity index (χ1n) is 6.12. The molecule has 19 heavy (non-hydrogen) atoms. The Balaban J connectivity index is 1.88. The summed E-state index contributed by atoms with van der Waals surface area (Å²) in [5.41, 5.74) is 12.1. The molecule has 1 aromatic carbocycles. The molecular formula is C13H14N4O2. The van der Waals surface area contributed by atoms with E-state index >= 15 is 0 Å². The highest BCUT2D eigenvalue weighted by Crippen LogP contribution is 2.37. The van der Waals surface area contributed by atoms with Crippen molar-refractivity contribution in [2.24, 2.45) is 11.5 Å². The van der Waals surface area contributed by atoms with Gasteiger partial charge in [-0.25, -0.2) is 0 Å². The molecule has 0 aliphatic heterocycles. The van der Waals surface area contributed by atoms with E-state index < -0.39 is 11.4 Å². The molecule has 1 aliphatic carbocycles. The third-order valence-electron chi connectivity index (χ3n) is 3.53. The van der Waals surface area contributed by atoms with E-state index in [1.54, 1.807) is 24.3 Å². The number of primary amides is 1. The number of hydrogen-bond donors (Lipinski definition) is 2. The van der Waals surface area contributed by atoms with E-state index in [0.29, 0.717) is 17.3 Å². The van der Waals surface area contributed by atoms with Crippen molar-refractivity contribution < 1.29 is 9.32 Å². The molecule has 0 unspecified atom stereocenters. The Labute approximate surface area is 109 Å². The van der Waals surface area contributed by atoms with Crippen molar-refractivity contribution >= 4 is 5.91 Å². The first-order valence-corrected chi connectivity index (χ1v) is 6.12. The molecule has 0 spiro atoms. The summed E-state index contributed by atoms with van der Waals surface area (Å²) in [7, 11) is 0. The number of amides is 1. The molecule has 98 valence electrons. The SMILES string of the molecule is NC(=O)c1ccc(-c2nc(C3(N)CCC3)no2)cc1. The number of carbonyl (C=O) groups is 1. The molecule has 0 saturated heterocycles. The Morgan fingerprint density at radius 1 is 1.26 bits per heavy atom. The van der Waals surface area contributed by atoms with Crippen LogP contribution in [-0.4, -0.2) is 16.0 Å². The Hall–Kier alpha value is -2.21. The average molecular weight is 258 g/mol. The monoisotopic (exact) mass is 258 g/mol. The Morgan fingerprint density at radius 2 is 1.95 bits per heavy atom. The van der Waals surface area contributed by atoms with Crippen LogP contribution in [-0.2, 0) is 5.54 Å². The van der Waals surface area contributed by atoms with Gasteiger partial charge in [-0.2, -0.15) is 4.98 Å². The standard InChI is InChI=1S/C13H14N4O2/c14-10(18)8-2-4-9(5-3-8)11-16-12(17-19-11)13(15)6-1-7-13/h2-5H,1,6-7,15H2,(H2,14,18). The van der Waals surface area contributed by atoms with Crippen molar-refractivity contribution in [3.05, 3.63) is 35.7 Å². The minimum absolute atomic E-state index is 0.405.